The van der Waals surface area contributed by atoms with Crippen molar-refractivity contribution in [1.82, 2.24) is 4.90 Å². The van der Waals surface area contributed by atoms with Gasteiger partial charge in [-0.2, -0.15) is 0 Å². The Morgan fingerprint density at radius 1 is 1.10 bits per heavy atom. The molecule has 1 aliphatic heterocycles. The summed E-state index contributed by atoms with van der Waals surface area (Å²) in [6, 6.07) is 10.6. The van der Waals surface area contributed by atoms with Crippen LogP contribution in [0.5, 0.6) is 0 Å². The van der Waals surface area contributed by atoms with Gasteiger partial charge in [0.05, 0.1) is 11.4 Å². The van der Waals surface area contributed by atoms with Gasteiger partial charge in [0, 0.05) is 38.9 Å². The maximum Gasteiger partial charge on any atom is 0.0797 e. The standard InChI is InChI=1S/C18H25N3/c1-15(2)14-18(19-4)16(3)20-10-12-21(13-11-20)17-8-6-5-7-9-17/h5-9,14H,3,10-13H2,1-2,4H3. The van der Waals surface area contributed by atoms with Gasteiger partial charge in [-0.15, -0.1) is 0 Å². The van der Waals surface area contributed by atoms with E-state index in [4.69, 9.17) is 0 Å². The van der Waals surface area contributed by atoms with E-state index in [2.05, 4.69) is 71.6 Å². The van der Waals surface area contributed by atoms with Crippen molar-refractivity contribution in [3.63, 3.8) is 0 Å². The third-order valence-corrected chi connectivity index (χ3v) is 3.74. The van der Waals surface area contributed by atoms with Gasteiger partial charge in [-0.05, 0) is 32.1 Å². The van der Waals surface area contributed by atoms with E-state index in [1.54, 1.807) is 0 Å². The molecule has 1 aromatic carbocycles. The van der Waals surface area contributed by atoms with E-state index in [0.29, 0.717) is 0 Å². The van der Waals surface area contributed by atoms with E-state index < -0.39 is 0 Å². The number of aliphatic imine (C=N–C) groups is 1. The topological polar surface area (TPSA) is 18.8 Å². The van der Waals surface area contributed by atoms with Gasteiger partial charge >= 0.3 is 0 Å². The average Bonchev–Trinajstić information content (AvgIpc) is 2.53. The average molecular weight is 283 g/mol. The number of benzene rings is 1. The summed E-state index contributed by atoms with van der Waals surface area (Å²) in [6.07, 6.45) is 2.10. The molecule has 0 aromatic heterocycles. The summed E-state index contributed by atoms with van der Waals surface area (Å²) in [7, 11) is 1.83. The number of piperazine rings is 1. The molecule has 1 fully saturated rings. The van der Waals surface area contributed by atoms with Crippen LogP contribution < -0.4 is 4.90 Å². The van der Waals surface area contributed by atoms with E-state index in [9.17, 15) is 0 Å². The predicted molar refractivity (Wildman–Crippen MR) is 92.2 cm³/mol. The Balaban J connectivity index is 1.98. The fourth-order valence-electron chi connectivity index (χ4n) is 2.59. The summed E-state index contributed by atoms with van der Waals surface area (Å²) < 4.78 is 0. The normalized spacial score (nSPS) is 15.9. The summed E-state index contributed by atoms with van der Waals surface area (Å²) in [4.78, 5) is 9.12. The van der Waals surface area contributed by atoms with Crippen molar-refractivity contribution in [3.05, 3.63) is 54.3 Å². The summed E-state index contributed by atoms with van der Waals surface area (Å²) in [5, 5.41) is 0. The molecule has 0 N–H and O–H groups in total. The molecule has 1 aliphatic rings. The minimum atomic E-state index is 0.989. The van der Waals surface area contributed by atoms with Crippen molar-refractivity contribution in [2.45, 2.75) is 13.8 Å². The van der Waals surface area contributed by atoms with E-state index in [1.807, 2.05) is 7.05 Å². The van der Waals surface area contributed by atoms with Crippen LogP contribution in [0.1, 0.15) is 13.8 Å². The lowest BCUT2D eigenvalue weighted by Gasteiger charge is -2.38. The van der Waals surface area contributed by atoms with Crippen LogP contribution in [0, 0.1) is 0 Å². The van der Waals surface area contributed by atoms with Crippen LogP contribution in [0.2, 0.25) is 0 Å². The second kappa shape index (κ2) is 7.11. The van der Waals surface area contributed by atoms with Crippen molar-refractivity contribution >= 4 is 11.4 Å². The van der Waals surface area contributed by atoms with Crippen molar-refractivity contribution in [2.75, 3.05) is 38.1 Å². The van der Waals surface area contributed by atoms with Crippen molar-refractivity contribution in [2.24, 2.45) is 4.99 Å². The molecule has 1 saturated heterocycles. The van der Waals surface area contributed by atoms with Gasteiger partial charge in [0.25, 0.3) is 0 Å². The first-order chi connectivity index (χ1) is 10.1. The number of allylic oxidation sites excluding steroid dienone is 2. The van der Waals surface area contributed by atoms with E-state index in [-0.39, 0.29) is 0 Å². The van der Waals surface area contributed by atoms with Crippen LogP contribution in [0.25, 0.3) is 0 Å². The molecule has 0 atom stereocenters. The zero-order valence-electron chi connectivity index (χ0n) is 13.3. The SMILES string of the molecule is C=C(C(C=C(C)C)=NC)N1CCN(c2ccccc2)CC1. The molecule has 3 heteroatoms. The van der Waals surface area contributed by atoms with Crippen LogP contribution in [0.4, 0.5) is 5.69 Å². The monoisotopic (exact) mass is 283 g/mol. The van der Waals surface area contributed by atoms with Gasteiger partial charge in [0.15, 0.2) is 0 Å². The smallest absolute Gasteiger partial charge is 0.0797 e. The molecule has 0 radical (unpaired) electrons. The van der Waals surface area contributed by atoms with Crippen LogP contribution in [0.3, 0.4) is 0 Å². The Morgan fingerprint density at radius 3 is 2.24 bits per heavy atom. The summed E-state index contributed by atoms with van der Waals surface area (Å²) in [5.74, 6) is 0. The molecule has 2 rings (SSSR count). The second-order valence-corrected chi connectivity index (χ2v) is 5.59. The van der Waals surface area contributed by atoms with Crippen molar-refractivity contribution in [3.8, 4) is 0 Å². The quantitative estimate of drug-likeness (QED) is 0.789. The molecular formula is C18H25N3. The number of rotatable bonds is 4. The minimum absolute atomic E-state index is 0.989. The third-order valence-electron chi connectivity index (χ3n) is 3.74. The zero-order valence-corrected chi connectivity index (χ0v) is 13.3. The highest BCUT2D eigenvalue weighted by atomic mass is 15.3. The number of para-hydroxylation sites is 1. The summed E-state index contributed by atoms with van der Waals surface area (Å²) in [6.45, 7) is 12.4. The minimum Gasteiger partial charge on any atom is -0.368 e. The lowest BCUT2D eigenvalue weighted by atomic mass is 10.1. The molecule has 3 nitrogen and oxygen atoms in total. The highest BCUT2D eigenvalue weighted by molar-refractivity contribution is 6.07. The lowest BCUT2D eigenvalue weighted by molar-refractivity contribution is 0.337. The first-order valence-corrected chi connectivity index (χ1v) is 7.47. The molecule has 0 amide bonds. The predicted octanol–water partition coefficient (Wildman–Crippen LogP) is 3.36. The first kappa shape index (κ1) is 15.4. The zero-order chi connectivity index (χ0) is 15.2. The van der Waals surface area contributed by atoms with Crippen molar-refractivity contribution < 1.29 is 0 Å². The Labute approximate surface area is 128 Å². The Bertz CT molecular complexity index is 531. The molecule has 1 heterocycles. The van der Waals surface area contributed by atoms with E-state index >= 15 is 0 Å². The molecule has 112 valence electrons. The van der Waals surface area contributed by atoms with Crippen LogP contribution >= 0.6 is 0 Å². The van der Waals surface area contributed by atoms with Gasteiger partial charge in [0.1, 0.15) is 0 Å². The number of anilines is 1. The van der Waals surface area contributed by atoms with E-state index in [0.717, 1.165) is 37.6 Å². The largest absolute Gasteiger partial charge is 0.368 e. The molecule has 0 saturated carbocycles. The maximum absolute atomic E-state index is 4.37. The van der Waals surface area contributed by atoms with Gasteiger partial charge in [-0.25, -0.2) is 0 Å². The molecule has 0 bridgehead atoms. The maximum atomic E-state index is 4.37. The number of nitrogens with zero attached hydrogens (tertiary/aromatic N) is 3. The fourth-order valence-corrected chi connectivity index (χ4v) is 2.59. The van der Waals surface area contributed by atoms with Gasteiger partial charge in [-0.3, -0.25) is 4.99 Å². The summed E-state index contributed by atoms with van der Waals surface area (Å²) >= 11 is 0. The first-order valence-electron chi connectivity index (χ1n) is 7.47. The Kier molecular flexibility index (Phi) is 5.20. The second-order valence-electron chi connectivity index (χ2n) is 5.59. The fraction of sp³-hybridized carbons (Fsp3) is 0.389. The highest BCUT2D eigenvalue weighted by Gasteiger charge is 2.19. The summed E-state index contributed by atoms with van der Waals surface area (Å²) in [5.41, 5.74) is 4.57. The third kappa shape index (κ3) is 3.97. The Morgan fingerprint density at radius 2 is 1.71 bits per heavy atom. The number of hydrogen-bond donors (Lipinski definition) is 0. The van der Waals surface area contributed by atoms with Gasteiger partial charge in [-0.1, -0.05) is 30.4 Å². The van der Waals surface area contributed by atoms with Gasteiger partial charge < -0.3 is 9.80 Å². The molecule has 0 spiro atoms. The van der Waals surface area contributed by atoms with Gasteiger partial charge in [0.2, 0.25) is 0 Å². The van der Waals surface area contributed by atoms with Crippen LogP contribution in [-0.2, 0) is 0 Å². The number of hydrogen-bond acceptors (Lipinski definition) is 3. The molecule has 0 aliphatic carbocycles. The molecule has 0 unspecified atom stereocenters. The molecule has 1 aromatic rings. The molecule has 21 heavy (non-hydrogen) atoms. The van der Waals surface area contributed by atoms with Crippen LogP contribution in [0.15, 0.2) is 59.2 Å². The highest BCUT2D eigenvalue weighted by Crippen LogP contribution is 2.18. The lowest BCUT2D eigenvalue weighted by Crippen LogP contribution is -2.46. The Hall–Kier alpha value is -2.03. The van der Waals surface area contributed by atoms with E-state index in [1.165, 1.54) is 11.3 Å². The molecular weight excluding hydrogens is 258 g/mol. The van der Waals surface area contributed by atoms with Crippen LogP contribution in [-0.4, -0.2) is 43.8 Å². The van der Waals surface area contributed by atoms with Crippen molar-refractivity contribution in [1.29, 1.82) is 0 Å².